The van der Waals surface area contributed by atoms with Gasteiger partial charge in [-0.3, -0.25) is 14.9 Å². The van der Waals surface area contributed by atoms with Crippen molar-refractivity contribution in [3.05, 3.63) is 30.1 Å². The Morgan fingerprint density at radius 2 is 2.17 bits per heavy atom. The van der Waals surface area contributed by atoms with Crippen molar-refractivity contribution in [1.82, 2.24) is 14.5 Å². The number of esters is 1. The standard InChI is InChI=1S/C21H24N4O4/c1-11-18(13-8-12(28-5)6-7-16(13)25(11)4)15-10-22-20(23-15)24-19(27)14-9-17(26)29-21(14,2)3/h6-8,10,14H,9H2,1-5H3,(H2,22,23,24,27). The van der Waals surface area contributed by atoms with Crippen molar-refractivity contribution in [2.75, 3.05) is 12.4 Å². The lowest BCUT2D eigenvalue weighted by Crippen LogP contribution is -2.36. The summed E-state index contributed by atoms with van der Waals surface area (Å²) < 4.78 is 12.7. The van der Waals surface area contributed by atoms with Crippen molar-refractivity contribution in [2.45, 2.75) is 32.8 Å². The first kappa shape index (κ1) is 19.0. The second kappa shape index (κ2) is 6.65. The summed E-state index contributed by atoms with van der Waals surface area (Å²) in [6.45, 7) is 5.51. The highest BCUT2D eigenvalue weighted by Crippen LogP contribution is 2.36. The van der Waals surface area contributed by atoms with Crippen LogP contribution in [0.2, 0.25) is 0 Å². The topological polar surface area (TPSA) is 98.2 Å². The lowest BCUT2D eigenvalue weighted by Gasteiger charge is -2.23. The van der Waals surface area contributed by atoms with Crippen molar-refractivity contribution in [2.24, 2.45) is 13.0 Å². The molecular formula is C21H24N4O4. The number of fused-ring (bicyclic) bond motifs is 1. The number of methoxy groups -OCH3 is 1. The van der Waals surface area contributed by atoms with E-state index in [9.17, 15) is 9.59 Å². The maximum absolute atomic E-state index is 12.7. The van der Waals surface area contributed by atoms with Crippen LogP contribution in [0.15, 0.2) is 24.4 Å². The number of aromatic nitrogens is 3. The number of H-pyrrole nitrogens is 1. The molecule has 29 heavy (non-hydrogen) atoms. The summed E-state index contributed by atoms with van der Waals surface area (Å²) in [7, 11) is 3.64. The zero-order valence-electron chi connectivity index (χ0n) is 17.1. The number of aryl methyl sites for hydroxylation is 1. The monoisotopic (exact) mass is 396 g/mol. The maximum Gasteiger partial charge on any atom is 0.307 e. The number of aromatic amines is 1. The molecule has 8 heteroatoms. The number of anilines is 1. The quantitative estimate of drug-likeness (QED) is 0.660. The van der Waals surface area contributed by atoms with Gasteiger partial charge < -0.3 is 19.0 Å². The predicted octanol–water partition coefficient (Wildman–Crippen LogP) is 3.17. The molecule has 8 nitrogen and oxygen atoms in total. The van der Waals surface area contributed by atoms with E-state index < -0.39 is 11.5 Å². The van der Waals surface area contributed by atoms with Gasteiger partial charge in [0.2, 0.25) is 11.9 Å². The van der Waals surface area contributed by atoms with Crippen LogP contribution in [0.25, 0.3) is 22.2 Å². The number of carbonyl (C=O) groups excluding carboxylic acids is 2. The Labute approximate surface area is 168 Å². The minimum absolute atomic E-state index is 0.0641. The van der Waals surface area contributed by atoms with Crippen LogP contribution in [0.3, 0.4) is 0 Å². The number of imidazole rings is 1. The molecule has 0 saturated carbocycles. The molecule has 2 aromatic heterocycles. The summed E-state index contributed by atoms with van der Waals surface area (Å²) in [5.41, 5.74) is 3.08. The minimum Gasteiger partial charge on any atom is -0.497 e. The van der Waals surface area contributed by atoms with Gasteiger partial charge in [0, 0.05) is 29.2 Å². The van der Waals surface area contributed by atoms with Gasteiger partial charge >= 0.3 is 5.97 Å². The molecule has 1 saturated heterocycles. The van der Waals surface area contributed by atoms with Gasteiger partial charge in [0.05, 0.1) is 31.3 Å². The second-order valence-electron chi connectivity index (χ2n) is 7.87. The molecule has 152 valence electrons. The molecule has 4 rings (SSSR count). The molecule has 1 amide bonds. The summed E-state index contributed by atoms with van der Waals surface area (Å²) in [5.74, 6) is -0.120. The summed E-state index contributed by atoms with van der Waals surface area (Å²) in [5, 5.41) is 3.81. The minimum atomic E-state index is -0.834. The zero-order chi connectivity index (χ0) is 20.9. The van der Waals surface area contributed by atoms with Gasteiger partial charge in [-0.15, -0.1) is 0 Å². The van der Waals surface area contributed by atoms with E-state index in [0.717, 1.165) is 33.6 Å². The number of benzene rings is 1. The molecule has 0 bridgehead atoms. The molecule has 0 radical (unpaired) electrons. The molecule has 1 unspecified atom stereocenters. The molecule has 3 heterocycles. The Morgan fingerprint density at radius 3 is 2.83 bits per heavy atom. The van der Waals surface area contributed by atoms with Gasteiger partial charge in [0.15, 0.2) is 0 Å². The molecule has 3 aromatic rings. The first-order valence-corrected chi connectivity index (χ1v) is 9.42. The van der Waals surface area contributed by atoms with Crippen LogP contribution >= 0.6 is 0 Å². The summed E-state index contributed by atoms with van der Waals surface area (Å²) in [6, 6.07) is 5.93. The number of amides is 1. The molecule has 1 fully saturated rings. The molecule has 1 atom stereocenters. The van der Waals surface area contributed by atoms with E-state index in [2.05, 4.69) is 19.9 Å². The molecule has 1 aliphatic rings. The van der Waals surface area contributed by atoms with E-state index in [-0.39, 0.29) is 18.3 Å². The fourth-order valence-corrected chi connectivity index (χ4v) is 3.96. The van der Waals surface area contributed by atoms with Crippen LogP contribution < -0.4 is 10.1 Å². The summed E-state index contributed by atoms with van der Waals surface area (Å²) in [4.78, 5) is 31.8. The zero-order valence-corrected chi connectivity index (χ0v) is 17.1. The number of carbonyl (C=O) groups is 2. The van der Waals surface area contributed by atoms with Crippen LogP contribution in [0.1, 0.15) is 26.0 Å². The highest BCUT2D eigenvalue weighted by molar-refractivity contribution is 5.99. The Balaban J connectivity index is 1.65. The summed E-state index contributed by atoms with van der Waals surface area (Å²) in [6.07, 6.45) is 1.76. The average Bonchev–Trinajstić information content (AvgIpc) is 3.30. The number of rotatable bonds is 4. The van der Waals surface area contributed by atoms with Crippen LogP contribution in [0, 0.1) is 12.8 Å². The predicted molar refractivity (Wildman–Crippen MR) is 109 cm³/mol. The Hall–Kier alpha value is -3.29. The maximum atomic E-state index is 12.7. The normalized spacial score (nSPS) is 18.1. The van der Waals surface area contributed by atoms with Crippen LogP contribution in [0.5, 0.6) is 5.75 Å². The second-order valence-corrected chi connectivity index (χ2v) is 7.87. The van der Waals surface area contributed by atoms with Gasteiger partial charge in [-0.2, -0.15) is 0 Å². The highest BCUT2D eigenvalue weighted by Gasteiger charge is 2.46. The summed E-state index contributed by atoms with van der Waals surface area (Å²) >= 11 is 0. The van der Waals surface area contributed by atoms with Crippen molar-refractivity contribution in [1.29, 1.82) is 0 Å². The van der Waals surface area contributed by atoms with E-state index in [1.807, 2.05) is 32.2 Å². The van der Waals surface area contributed by atoms with E-state index in [1.165, 1.54) is 0 Å². The Kier molecular flexibility index (Phi) is 4.37. The first-order valence-electron chi connectivity index (χ1n) is 9.42. The van der Waals surface area contributed by atoms with Crippen LogP contribution in [-0.2, 0) is 21.4 Å². The molecule has 0 aliphatic carbocycles. The van der Waals surface area contributed by atoms with E-state index >= 15 is 0 Å². The largest absolute Gasteiger partial charge is 0.497 e. The Morgan fingerprint density at radius 1 is 1.41 bits per heavy atom. The van der Waals surface area contributed by atoms with Gasteiger partial charge in [-0.05, 0) is 39.0 Å². The van der Waals surface area contributed by atoms with Crippen molar-refractivity contribution in [3.8, 4) is 17.0 Å². The first-order chi connectivity index (χ1) is 13.7. The van der Waals surface area contributed by atoms with E-state index in [4.69, 9.17) is 9.47 Å². The number of hydrogen-bond acceptors (Lipinski definition) is 5. The fraction of sp³-hybridized carbons (Fsp3) is 0.381. The number of hydrogen-bond donors (Lipinski definition) is 2. The van der Waals surface area contributed by atoms with Gasteiger partial charge in [0.1, 0.15) is 11.4 Å². The number of nitrogens with zero attached hydrogens (tertiary/aromatic N) is 2. The Bertz CT molecular complexity index is 1130. The van der Waals surface area contributed by atoms with Crippen LogP contribution in [-0.4, -0.2) is 39.1 Å². The van der Waals surface area contributed by atoms with Crippen molar-refractivity contribution < 1.29 is 19.1 Å². The average molecular weight is 396 g/mol. The van der Waals surface area contributed by atoms with Crippen molar-refractivity contribution in [3.63, 3.8) is 0 Å². The SMILES string of the molecule is COc1ccc2c(c1)c(-c1cnc(NC(=O)C3CC(=O)OC3(C)C)[nH]1)c(C)n2C. The van der Waals surface area contributed by atoms with Crippen LogP contribution in [0.4, 0.5) is 5.95 Å². The molecule has 1 aliphatic heterocycles. The lowest BCUT2D eigenvalue weighted by atomic mass is 9.90. The van der Waals surface area contributed by atoms with Crippen molar-refractivity contribution >= 4 is 28.7 Å². The molecular weight excluding hydrogens is 372 g/mol. The van der Waals surface area contributed by atoms with E-state index in [0.29, 0.717) is 5.95 Å². The van der Waals surface area contributed by atoms with Gasteiger partial charge in [-0.1, -0.05) is 0 Å². The number of ether oxygens (including phenoxy) is 2. The molecule has 1 aromatic carbocycles. The fourth-order valence-electron chi connectivity index (χ4n) is 3.96. The van der Waals surface area contributed by atoms with Gasteiger partial charge in [0.25, 0.3) is 0 Å². The molecule has 0 spiro atoms. The number of nitrogens with one attached hydrogen (secondary N) is 2. The smallest absolute Gasteiger partial charge is 0.307 e. The highest BCUT2D eigenvalue weighted by atomic mass is 16.6. The van der Waals surface area contributed by atoms with E-state index in [1.54, 1.807) is 27.2 Å². The third-order valence-corrected chi connectivity index (χ3v) is 5.69. The molecule has 2 N–H and O–H groups in total. The third-order valence-electron chi connectivity index (χ3n) is 5.69. The lowest BCUT2D eigenvalue weighted by molar-refractivity contribution is -0.147. The third kappa shape index (κ3) is 3.14. The number of cyclic esters (lactones) is 1. The van der Waals surface area contributed by atoms with Gasteiger partial charge in [-0.25, -0.2) is 4.98 Å².